The van der Waals surface area contributed by atoms with Gasteiger partial charge in [0.25, 0.3) is 0 Å². The molecule has 0 aromatic carbocycles. The van der Waals surface area contributed by atoms with Crippen molar-refractivity contribution in [3.63, 3.8) is 0 Å². The Morgan fingerprint density at radius 2 is 2.25 bits per heavy atom. The summed E-state index contributed by atoms with van der Waals surface area (Å²) in [5.41, 5.74) is 0.943. The van der Waals surface area contributed by atoms with E-state index in [1.165, 1.54) is 4.57 Å². The summed E-state index contributed by atoms with van der Waals surface area (Å²) in [6.07, 6.45) is 1.55. The first-order valence-corrected chi connectivity index (χ1v) is 6.36. The van der Waals surface area contributed by atoms with Crippen molar-refractivity contribution in [3.8, 4) is 0 Å². The molecule has 2 aromatic rings. The molecular formula is C14H17N3O3. The topological polar surface area (TPSA) is 77.1 Å². The number of furan rings is 1. The molecule has 0 aliphatic rings. The van der Waals surface area contributed by atoms with Crippen LogP contribution in [0.5, 0.6) is 0 Å². The number of nitrogens with zero attached hydrogens (tertiary/aromatic N) is 2. The summed E-state index contributed by atoms with van der Waals surface area (Å²) in [6.45, 7) is 5.50. The maximum absolute atomic E-state index is 12.1. The molecule has 2 heterocycles. The van der Waals surface area contributed by atoms with E-state index in [0.717, 1.165) is 0 Å². The summed E-state index contributed by atoms with van der Waals surface area (Å²) < 4.78 is 6.52. The average Bonchev–Trinajstić information content (AvgIpc) is 2.87. The predicted octanol–water partition coefficient (Wildman–Crippen LogP) is 1.33. The summed E-state index contributed by atoms with van der Waals surface area (Å²) in [6, 6.07) is 4.68. The highest BCUT2D eigenvalue weighted by molar-refractivity contribution is 5.79. The van der Waals surface area contributed by atoms with Crippen molar-refractivity contribution >= 4 is 5.91 Å². The number of aryl methyl sites for hydroxylation is 2. The monoisotopic (exact) mass is 275 g/mol. The number of hydrogen-bond donors (Lipinski definition) is 1. The molecule has 1 N–H and O–H groups in total. The third kappa shape index (κ3) is 2.96. The Morgan fingerprint density at radius 1 is 1.50 bits per heavy atom. The highest BCUT2D eigenvalue weighted by atomic mass is 16.3. The van der Waals surface area contributed by atoms with Crippen LogP contribution in [0.1, 0.15) is 30.1 Å². The van der Waals surface area contributed by atoms with Crippen molar-refractivity contribution in [1.29, 1.82) is 0 Å². The Hall–Kier alpha value is -2.37. The number of rotatable bonds is 4. The first-order chi connectivity index (χ1) is 9.49. The lowest BCUT2D eigenvalue weighted by Gasteiger charge is -2.17. The summed E-state index contributed by atoms with van der Waals surface area (Å²) in [5, 5.41) is 2.73. The molecule has 0 spiro atoms. The van der Waals surface area contributed by atoms with Gasteiger partial charge in [-0.2, -0.15) is 4.98 Å². The molecule has 0 aliphatic carbocycles. The van der Waals surface area contributed by atoms with Crippen molar-refractivity contribution in [2.24, 2.45) is 0 Å². The Balaban J connectivity index is 2.13. The number of amides is 1. The van der Waals surface area contributed by atoms with E-state index in [1.54, 1.807) is 45.2 Å². The van der Waals surface area contributed by atoms with E-state index >= 15 is 0 Å². The molecule has 6 nitrogen and oxygen atoms in total. The fraction of sp³-hybridized carbons (Fsp3) is 0.357. The highest BCUT2D eigenvalue weighted by Crippen LogP contribution is 2.08. The fourth-order valence-electron chi connectivity index (χ4n) is 2.08. The van der Waals surface area contributed by atoms with Crippen LogP contribution in [0.2, 0.25) is 0 Å². The Labute approximate surface area is 116 Å². The standard InChI is InChI=1S/C14H17N3O3/c1-9-7-10(2)17(14(19)16-9)11(3)13(18)15-8-12-5-4-6-20-12/h4-7,11H,8H2,1-3H3,(H,15,18). The van der Waals surface area contributed by atoms with Gasteiger partial charge in [-0.1, -0.05) is 0 Å². The van der Waals surface area contributed by atoms with Crippen LogP contribution in [-0.4, -0.2) is 15.5 Å². The smallest absolute Gasteiger partial charge is 0.348 e. The fourth-order valence-corrected chi connectivity index (χ4v) is 2.08. The van der Waals surface area contributed by atoms with Crippen LogP contribution in [0.3, 0.4) is 0 Å². The quantitative estimate of drug-likeness (QED) is 0.913. The normalized spacial score (nSPS) is 12.2. The van der Waals surface area contributed by atoms with E-state index in [4.69, 9.17) is 4.42 Å². The zero-order chi connectivity index (χ0) is 14.7. The minimum absolute atomic E-state index is 0.253. The molecule has 0 saturated heterocycles. The SMILES string of the molecule is Cc1cc(C)n(C(C)C(=O)NCc2ccco2)c(=O)n1. The second-order valence-corrected chi connectivity index (χ2v) is 4.66. The molecule has 2 rings (SSSR count). The highest BCUT2D eigenvalue weighted by Gasteiger charge is 2.18. The van der Waals surface area contributed by atoms with Crippen molar-refractivity contribution in [2.75, 3.05) is 0 Å². The van der Waals surface area contributed by atoms with Crippen molar-refractivity contribution in [3.05, 3.63) is 52.1 Å². The van der Waals surface area contributed by atoms with Gasteiger partial charge in [0, 0.05) is 11.4 Å². The summed E-state index contributed by atoms with van der Waals surface area (Å²) >= 11 is 0. The molecule has 106 valence electrons. The molecule has 6 heteroatoms. The second-order valence-electron chi connectivity index (χ2n) is 4.66. The number of carbonyl (C=O) groups is 1. The lowest BCUT2D eigenvalue weighted by atomic mass is 10.2. The molecule has 1 unspecified atom stereocenters. The van der Waals surface area contributed by atoms with Gasteiger partial charge in [-0.25, -0.2) is 4.79 Å². The van der Waals surface area contributed by atoms with E-state index < -0.39 is 11.7 Å². The summed E-state index contributed by atoms with van der Waals surface area (Å²) in [4.78, 5) is 27.8. The van der Waals surface area contributed by atoms with Crippen LogP contribution in [0.15, 0.2) is 33.7 Å². The Bertz CT molecular complexity index is 659. The van der Waals surface area contributed by atoms with Gasteiger partial charge in [-0.05, 0) is 39.0 Å². The van der Waals surface area contributed by atoms with E-state index in [1.807, 2.05) is 0 Å². The maximum Gasteiger partial charge on any atom is 0.348 e. The second kappa shape index (κ2) is 5.73. The first kappa shape index (κ1) is 14.0. The minimum atomic E-state index is -0.620. The van der Waals surface area contributed by atoms with Gasteiger partial charge in [0.05, 0.1) is 12.8 Å². The van der Waals surface area contributed by atoms with Gasteiger partial charge in [-0.15, -0.1) is 0 Å². The van der Waals surface area contributed by atoms with Gasteiger partial charge >= 0.3 is 5.69 Å². The van der Waals surface area contributed by atoms with E-state index in [9.17, 15) is 9.59 Å². The van der Waals surface area contributed by atoms with E-state index in [-0.39, 0.29) is 5.91 Å². The van der Waals surface area contributed by atoms with E-state index in [2.05, 4.69) is 10.3 Å². The zero-order valence-electron chi connectivity index (χ0n) is 11.7. The predicted molar refractivity (Wildman–Crippen MR) is 73.2 cm³/mol. The molecule has 0 fully saturated rings. The Morgan fingerprint density at radius 3 is 2.85 bits per heavy atom. The molecule has 2 aromatic heterocycles. The number of nitrogens with one attached hydrogen (secondary N) is 1. The molecule has 0 saturated carbocycles. The van der Waals surface area contributed by atoms with Crippen molar-refractivity contribution < 1.29 is 9.21 Å². The number of carbonyl (C=O) groups excluding carboxylic acids is 1. The van der Waals surface area contributed by atoms with Crippen LogP contribution in [-0.2, 0) is 11.3 Å². The third-order valence-corrected chi connectivity index (χ3v) is 3.06. The molecular weight excluding hydrogens is 258 g/mol. The van der Waals surface area contributed by atoms with Gasteiger partial charge in [0.15, 0.2) is 0 Å². The van der Waals surface area contributed by atoms with E-state index in [0.29, 0.717) is 23.7 Å². The van der Waals surface area contributed by atoms with Crippen LogP contribution in [0.25, 0.3) is 0 Å². The van der Waals surface area contributed by atoms with Crippen LogP contribution in [0.4, 0.5) is 0 Å². The van der Waals surface area contributed by atoms with Crippen molar-refractivity contribution in [2.45, 2.75) is 33.4 Å². The molecule has 0 bridgehead atoms. The molecule has 0 radical (unpaired) electrons. The Kier molecular flexibility index (Phi) is 4.02. The lowest BCUT2D eigenvalue weighted by Crippen LogP contribution is -2.37. The van der Waals surface area contributed by atoms with Gasteiger partial charge < -0.3 is 9.73 Å². The van der Waals surface area contributed by atoms with Gasteiger partial charge in [0.1, 0.15) is 11.8 Å². The minimum Gasteiger partial charge on any atom is -0.467 e. The maximum atomic E-state index is 12.1. The molecule has 1 amide bonds. The van der Waals surface area contributed by atoms with Crippen LogP contribution < -0.4 is 11.0 Å². The molecule has 0 aliphatic heterocycles. The molecule has 20 heavy (non-hydrogen) atoms. The first-order valence-electron chi connectivity index (χ1n) is 6.36. The largest absolute Gasteiger partial charge is 0.467 e. The number of aromatic nitrogens is 2. The summed E-state index contributed by atoms with van der Waals surface area (Å²) in [7, 11) is 0. The zero-order valence-corrected chi connectivity index (χ0v) is 11.7. The summed E-state index contributed by atoms with van der Waals surface area (Å²) in [5.74, 6) is 0.411. The van der Waals surface area contributed by atoms with Crippen LogP contribution in [0, 0.1) is 13.8 Å². The van der Waals surface area contributed by atoms with Crippen molar-refractivity contribution in [1.82, 2.24) is 14.9 Å². The lowest BCUT2D eigenvalue weighted by molar-refractivity contribution is -0.124. The number of hydrogen-bond acceptors (Lipinski definition) is 4. The average molecular weight is 275 g/mol. The van der Waals surface area contributed by atoms with Gasteiger partial charge in [0.2, 0.25) is 5.91 Å². The van der Waals surface area contributed by atoms with Gasteiger partial charge in [-0.3, -0.25) is 9.36 Å². The molecule has 1 atom stereocenters. The third-order valence-electron chi connectivity index (χ3n) is 3.06. The van der Waals surface area contributed by atoms with Crippen LogP contribution >= 0.6 is 0 Å².